The summed E-state index contributed by atoms with van der Waals surface area (Å²) in [6.45, 7) is 19.5. The van der Waals surface area contributed by atoms with Crippen LogP contribution in [0.15, 0.2) is 0 Å². The molecule has 0 rings (SSSR count). The number of hydrogen-bond donors (Lipinski definition) is 0. The Morgan fingerprint density at radius 3 is 1.25 bits per heavy atom. The van der Waals surface area contributed by atoms with Gasteiger partial charge in [0.25, 0.3) is 0 Å². The van der Waals surface area contributed by atoms with Crippen LogP contribution in [-0.4, -0.2) is 51.5 Å². The lowest BCUT2D eigenvalue weighted by Crippen LogP contribution is -2.28. The molecule has 0 saturated carbocycles. The van der Waals surface area contributed by atoms with Crippen LogP contribution in [0.3, 0.4) is 0 Å². The van der Waals surface area contributed by atoms with Gasteiger partial charge in [-0.2, -0.15) is 0 Å². The van der Waals surface area contributed by atoms with Crippen molar-refractivity contribution in [1.82, 2.24) is 4.90 Å². The van der Waals surface area contributed by atoms with Crippen molar-refractivity contribution in [3.05, 3.63) is 0 Å². The topological polar surface area (TPSA) is 21.7 Å². The predicted octanol–water partition coefficient (Wildman–Crippen LogP) is 8.22. The van der Waals surface area contributed by atoms with Crippen molar-refractivity contribution in [1.29, 1.82) is 0 Å². The Labute approximate surface area is 203 Å². The van der Waals surface area contributed by atoms with E-state index in [4.69, 9.17) is 9.47 Å². The van der Waals surface area contributed by atoms with Gasteiger partial charge in [0.2, 0.25) is 0 Å². The first-order valence-corrected chi connectivity index (χ1v) is 14.4. The number of hydrogen-bond acceptors (Lipinski definition) is 3. The molecule has 0 aromatic rings. The highest BCUT2D eigenvalue weighted by Crippen LogP contribution is 2.24. The van der Waals surface area contributed by atoms with Crippen LogP contribution in [0.2, 0.25) is 0 Å². The van der Waals surface area contributed by atoms with E-state index in [9.17, 15) is 0 Å². The fourth-order valence-corrected chi connectivity index (χ4v) is 4.66. The maximum Gasteiger partial charge on any atom is 0.0593 e. The van der Waals surface area contributed by atoms with Gasteiger partial charge in [0.1, 0.15) is 0 Å². The molecular weight excluding hydrogens is 394 g/mol. The summed E-state index contributed by atoms with van der Waals surface area (Å²) >= 11 is 0. The van der Waals surface area contributed by atoms with Crippen LogP contribution in [-0.2, 0) is 9.47 Å². The third-order valence-corrected chi connectivity index (χ3v) is 7.52. The van der Waals surface area contributed by atoms with Crippen LogP contribution in [0.5, 0.6) is 0 Å². The summed E-state index contributed by atoms with van der Waals surface area (Å²) in [7, 11) is 2.19. The average molecular weight is 456 g/mol. The highest BCUT2D eigenvalue weighted by molar-refractivity contribution is 4.66. The first-order valence-electron chi connectivity index (χ1n) is 14.4. The summed E-state index contributed by atoms with van der Waals surface area (Å²) in [5.41, 5.74) is 0. The molecule has 0 amide bonds. The quantitative estimate of drug-likeness (QED) is 0.137. The average Bonchev–Trinajstić information content (AvgIpc) is 2.81. The maximum atomic E-state index is 6.07. The molecule has 0 radical (unpaired) electrons. The summed E-state index contributed by atoms with van der Waals surface area (Å²) in [4.78, 5) is 2.36. The van der Waals surface area contributed by atoms with Crippen molar-refractivity contribution in [2.24, 2.45) is 23.7 Å². The number of rotatable bonds is 24. The molecule has 0 aromatic carbocycles. The normalized spacial score (nSPS) is 15.8. The molecule has 0 spiro atoms. The molecule has 0 aliphatic rings. The fourth-order valence-electron chi connectivity index (χ4n) is 4.66. The smallest absolute Gasteiger partial charge is 0.0593 e. The van der Waals surface area contributed by atoms with Crippen LogP contribution < -0.4 is 0 Å². The zero-order valence-corrected chi connectivity index (χ0v) is 23.3. The van der Waals surface area contributed by atoms with E-state index in [0.29, 0.717) is 0 Å². The Morgan fingerprint density at radius 1 is 0.562 bits per heavy atom. The Balaban J connectivity index is 3.93. The Bertz CT molecular complexity index is 342. The number of unbranched alkanes of at least 4 members (excludes halogenated alkanes) is 2. The highest BCUT2D eigenvalue weighted by Gasteiger charge is 2.15. The minimum atomic E-state index is 0.723. The van der Waals surface area contributed by atoms with Crippen molar-refractivity contribution in [3.63, 3.8) is 0 Å². The van der Waals surface area contributed by atoms with Crippen molar-refractivity contribution in [3.8, 4) is 0 Å². The van der Waals surface area contributed by atoms with Crippen molar-refractivity contribution in [2.75, 3.05) is 46.6 Å². The first kappa shape index (κ1) is 31.9. The van der Waals surface area contributed by atoms with Gasteiger partial charge in [-0.3, -0.25) is 0 Å². The van der Waals surface area contributed by atoms with E-state index in [2.05, 4.69) is 53.5 Å². The van der Waals surface area contributed by atoms with Crippen molar-refractivity contribution in [2.45, 2.75) is 119 Å². The van der Waals surface area contributed by atoms with E-state index in [0.717, 1.165) is 63.2 Å². The van der Waals surface area contributed by atoms with Crippen molar-refractivity contribution < 1.29 is 9.47 Å². The van der Waals surface area contributed by atoms with Gasteiger partial charge in [-0.15, -0.1) is 0 Å². The third-order valence-electron chi connectivity index (χ3n) is 7.52. The van der Waals surface area contributed by atoms with E-state index in [1.165, 1.54) is 77.0 Å². The van der Waals surface area contributed by atoms with Crippen LogP contribution in [0, 0.1) is 23.7 Å². The fraction of sp³-hybridized carbons (Fsp3) is 1.00. The minimum absolute atomic E-state index is 0.723. The molecule has 3 nitrogen and oxygen atoms in total. The van der Waals surface area contributed by atoms with Crippen molar-refractivity contribution >= 4 is 0 Å². The van der Waals surface area contributed by atoms with E-state index in [1.807, 2.05) is 0 Å². The molecule has 4 unspecified atom stereocenters. The summed E-state index contributed by atoms with van der Waals surface area (Å²) < 4.78 is 12.1. The first-order chi connectivity index (χ1) is 15.5. The van der Waals surface area contributed by atoms with Gasteiger partial charge in [-0.05, 0) is 43.6 Å². The Morgan fingerprint density at radius 2 is 0.938 bits per heavy atom. The van der Waals surface area contributed by atoms with Crippen LogP contribution in [0.1, 0.15) is 119 Å². The largest absolute Gasteiger partial charge is 0.380 e. The number of likely N-dealkylation sites (N-methyl/N-ethyl adjacent to an activating group) is 1. The summed E-state index contributed by atoms with van der Waals surface area (Å²) in [6, 6.07) is 0. The molecule has 0 N–H and O–H groups in total. The number of ether oxygens (including phenoxy) is 2. The second-order valence-corrected chi connectivity index (χ2v) is 10.3. The van der Waals surface area contributed by atoms with Gasteiger partial charge >= 0.3 is 0 Å². The molecule has 0 fully saturated rings. The van der Waals surface area contributed by atoms with E-state index < -0.39 is 0 Å². The molecule has 194 valence electrons. The SMILES string of the molecule is CCCCC(CC)CC(CC)COCCN(C)CCOCC(CC)CC(CC)CCCC. The summed E-state index contributed by atoms with van der Waals surface area (Å²) in [6.07, 6.45) is 16.0. The molecule has 32 heavy (non-hydrogen) atoms. The molecule has 3 heteroatoms. The van der Waals surface area contributed by atoms with Crippen LogP contribution >= 0.6 is 0 Å². The maximum absolute atomic E-state index is 6.07. The highest BCUT2D eigenvalue weighted by atomic mass is 16.5. The van der Waals surface area contributed by atoms with E-state index >= 15 is 0 Å². The number of nitrogens with zero attached hydrogens (tertiary/aromatic N) is 1. The monoisotopic (exact) mass is 455 g/mol. The van der Waals surface area contributed by atoms with Gasteiger partial charge in [0.05, 0.1) is 13.2 Å². The summed E-state index contributed by atoms with van der Waals surface area (Å²) in [5.74, 6) is 3.21. The zero-order valence-electron chi connectivity index (χ0n) is 23.3. The van der Waals surface area contributed by atoms with Crippen LogP contribution in [0.4, 0.5) is 0 Å². The molecular formula is C29H61NO2. The van der Waals surface area contributed by atoms with Gasteiger partial charge in [-0.25, -0.2) is 0 Å². The second-order valence-electron chi connectivity index (χ2n) is 10.3. The predicted molar refractivity (Wildman–Crippen MR) is 143 cm³/mol. The second kappa shape index (κ2) is 22.7. The third kappa shape index (κ3) is 17.4. The molecule has 0 aliphatic heterocycles. The lowest BCUT2D eigenvalue weighted by Gasteiger charge is -2.23. The van der Waals surface area contributed by atoms with Gasteiger partial charge in [-0.1, -0.05) is 106 Å². The van der Waals surface area contributed by atoms with E-state index in [-0.39, 0.29) is 0 Å². The Hall–Kier alpha value is -0.120. The molecule has 0 aromatic heterocycles. The molecule has 0 bridgehead atoms. The van der Waals surface area contributed by atoms with Gasteiger partial charge in [0, 0.05) is 26.3 Å². The Kier molecular flexibility index (Phi) is 22.6. The summed E-state index contributed by atoms with van der Waals surface area (Å²) in [5, 5.41) is 0. The molecule has 0 saturated heterocycles. The van der Waals surface area contributed by atoms with Gasteiger partial charge < -0.3 is 14.4 Å². The van der Waals surface area contributed by atoms with Gasteiger partial charge in [0.15, 0.2) is 0 Å². The molecule has 4 atom stereocenters. The van der Waals surface area contributed by atoms with E-state index in [1.54, 1.807) is 0 Å². The minimum Gasteiger partial charge on any atom is -0.380 e. The standard InChI is InChI=1S/C29H61NO2/c1-8-14-16-26(10-3)22-28(12-5)24-31-20-18-30(7)19-21-32-25-29(13-6)23-27(11-4)17-15-9-2/h26-29H,8-25H2,1-7H3. The molecule has 0 aliphatic carbocycles. The zero-order chi connectivity index (χ0) is 24.0. The lowest BCUT2D eigenvalue weighted by molar-refractivity contribution is 0.0519. The lowest BCUT2D eigenvalue weighted by atomic mass is 9.88. The van der Waals surface area contributed by atoms with Crippen LogP contribution in [0.25, 0.3) is 0 Å². The molecule has 0 heterocycles.